The Kier molecular flexibility index (Phi) is 3.84. The van der Waals surface area contributed by atoms with Gasteiger partial charge in [-0.1, -0.05) is 6.08 Å². The number of nitrogens with one attached hydrogen (secondary N) is 1. The standard InChI is InChI=1S/C19H15N3O4/c23-18(11-4-7-13(8-5-11)22(25)26)20-12-6-9-15-14-2-1-3-16(14)19(24)21-17(15)10-12/h4-10,15H,1-3H2,(H,21,24). The van der Waals surface area contributed by atoms with Gasteiger partial charge in [0.1, 0.15) is 0 Å². The maximum absolute atomic E-state index is 12.3. The number of non-ortho nitro benzene ring substituents is 1. The molecule has 1 unspecified atom stereocenters. The van der Waals surface area contributed by atoms with Crippen molar-refractivity contribution in [2.75, 3.05) is 0 Å². The number of nitrogens with zero attached hydrogens (tertiary/aromatic N) is 2. The first-order chi connectivity index (χ1) is 12.5. The number of fused-ring (bicyclic) bond motifs is 2. The Morgan fingerprint density at radius 3 is 2.73 bits per heavy atom. The van der Waals surface area contributed by atoms with E-state index < -0.39 is 10.8 Å². The normalized spacial score (nSPS) is 22.6. The highest BCUT2D eigenvalue weighted by atomic mass is 16.6. The zero-order valence-electron chi connectivity index (χ0n) is 13.8. The molecule has 1 atom stereocenters. The van der Waals surface area contributed by atoms with E-state index in [2.05, 4.69) is 10.3 Å². The Balaban J connectivity index is 1.58. The maximum Gasteiger partial charge on any atom is 0.277 e. The molecule has 2 aliphatic carbocycles. The second kappa shape index (κ2) is 6.18. The fourth-order valence-electron chi connectivity index (χ4n) is 3.57. The van der Waals surface area contributed by atoms with Crippen molar-refractivity contribution < 1.29 is 14.5 Å². The van der Waals surface area contributed by atoms with Crippen molar-refractivity contribution in [3.05, 3.63) is 75.0 Å². The summed E-state index contributed by atoms with van der Waals surface area (Å²) >= 11 is 0. The lowest BCUT2D eigenvalue weighted by Crippen LogP contribution is -2.35. The minimum Gasteiger partial charge on any atom is -0.325 e. The number of amides is 2. The van der Waals surface area contributed by atoms with E-state index in [1.165, 1.54) is 24.3 Å². The molecule has 1 heterocycles. The molecule has 1 aliphatic heterocycles. The predicted octanol–water partition coefficient (Wildman–Crippen LogP) is 2.86. The van der Waals surface area contributed by atoms with Crippen molar-refractivity contribution in [3.63, 3.8) is 0 Å². The van der Waals surface area contributed by atoms with E-state index in [4.69, 9.17) is 0 Å². The van der Waals surface area contributed by atoms with Gasteiger partial charge in [-0.05, 0) is 49.1 Å². The Morgan fingerprint density at radius 1 is 1.23 bits per heavy atom. The number of hydrogen-bond donors (Lipinski definition) is 1. The molecule has 26 heavy (non-hydrogen) atoms. The number of hydrogen-bond acceptors (Lipinski definition) is 4. The van der Waals surface area contributed by atoms with Crippen LogP contribution in [0.1, 0.15) is 29.6 Å². The lowest BCUT2D eigenvalue weighted by atomic mass is 9.85. The number of allylic oxidation sites excluding steroid dienone is 3. The number of rotatable bonds is 2. The van der Waals surface area contributed by atoms with E-state index in [-0.39, 0.29) is 23.1 Å². The molecule has 0 saturated carbocycles. The molecule has 0 aromatic heterocycles. The Labute approximate surface area is 149 Å². The number of benzene rings is 1. The third-order valence-electron chi connectivity index (χ3n) is 4.82. The van der Waals surface area contributed by atoms with Gasteiger partial charge in [-0.3, -0.25) is 19.7 Å². The monoisotopic (exact) mass is 349 g/mol. The van der Waals surface area contributed by atoms with Crippen molar-refractivity contribution in [1.82, 2.24) is 5.32 Å². The molecule has 3 aliphatic rings. The Hall–Kier alpha value is -3.35. The van der Waals surface area contributed by atoms with Crippen LogP contribution in [0.5, 0.6) is 0 Å². The van der Waals surface area contributed by atoms with E-state index >= 15 is 0 Å². The Morgan fingerprint density at radius 2 is 2.00 bits per heavy atom. The molecule has 7 nitrogen and oxygen atoms in total. The molecule has 0 spiro atoms. The molecule has 0 saturated heterocycles. The number of nitro groups is 1. The summed E-state index contributed by atoms with van der Waals surface area (Å²) in [4.78, 5) is 38.7. The molecular formula is C19H15N3O4. The van der Waals surface area contributed by atoms with Crippen LogP contribution >= 0.6 is 0 Å². The maximum atomic E-state index is 12.3. The van der Waals surface area contributed by atoms with E-state index in [1.54, 1.807) is 12.2 Å². The van der Waals surface area contributed by atoms with Gasteiger partial charge >= 0.3 is 0 Å². The van der Waals surface area contributed by atoms with Crippen LogP contribution in [0.4, 0.5) is 5.69 Å². The van der Waals surface area contributed by atoms with E-state index in [9.17, 15) is 19.7 Å². The van der Waals surface area contributed by atoms with E-state index in [0.717, 1.165) is 36.1 Å². The van der Waals surface area contributed by atoms with Crippen LogP contribution in [0.25, 0.3) is 0 Å². The highest BCUT2D eigenvalue weighted by Gasteiger charge is 2.34. The molecule has 4 rings (SSSR count). The van der Waals surface area contributed by atoms with Crippen LogP contribution in [0.2, 0.25) is 0 Å². The first-order valence-corrected chi connectivity index (χ1v) is 8.33. The quantitative estimate of drug-likeness (QED) is 0.655. The van der Waals surface area contributed by atoms with E-state index in [1.807, 2.05) is 6.08 Å². The lowest BCUT2D eigenvalue weighted by molar-refractivity contribution is -0.384. The summed E-state index contributed by atoms with van der Waals surface area (Å²) in [5.74, 6) is -0.493. The smallest absolute Gasteiger partial charge is 0.277 e. The first kappa shape index (κ1) is 16.1. The summed E-state index contributed by atoms with van der Waals surface area (Å²) in [7, 11) is 0. The summed E-state index contributed by atoms with van der Waals surface area (Å²) in [6.07, 6.45) is 8.18. The number of nitro benzene ring substituents is 1. The van der Waals surface area contributed by atoms with Gasteiger partial charge in [-0.2, -0.15) is 0 Å². The molecule has 0 radical (unpaired) electrons. The van der Waals surface area contributed by atoms with Crippen molar-refractivity contribution >= 4 is 23.2 Å². The average molecular weight is 349 g/mol. The molecule has 130 valence electrons. The van der Waals surface area contributed by atoms with Gasteiger partial charge in [0.05, 0.1) is 10.6 Å². The SMILES string of the molecule is O=C1NC2=CC(=NC(=O)c3ccc([N+](=O)[O-])cc3)C=CC2C2=C1CCC2. The summed E-state index contributed by atoms with van der Waals surface area (Å²) < 4.78 is 0. The van der Waals surface area contributed by atoms with Gasteiger partial charge in [0, 0.05) is 34.9 Å². The van der Waals surface area contributed by atoms with Crippen molar-refractivity contribution in [2.45, 2.75) is 19.3 Å². The van der Waals surface area contributed by atoms with Crippen LogP contribution in [-0.4, -0.2) is 22.4 Å². The minimum absolute atomic E-state index is 0.0543. The van der Waals surface area contributed by atoms with Gasteiger partial charge in [0.2, 0.25) is 0 Å². The summed E-state index contributed by atoms with van der Waals surface area (Å²) in [5.41, 5.74) is 3.43. The largest absolute Gasteiger partial charge is 0.325 e. The lowest BCUT2D eigenvalue weighted by Gasteiger charge is -2.28. The second-order valence-electron chi connectivity index (χ2n) is 6.39. The zero-order valence-corrected chi connectivity index (χ0v) is 13.8. The number of carbonyl (C=O) groups is 2. The molecular weight excluding hydrogens is 334 g/mol. The third kappa shape index (κ3) is 2.77. The predicted molar refractivity (Wildman–Crippen MR) is 94.6 cm³/mol. The highest BCUT2D eigenvalue weighted by Crippen LogP contribution is 2.39. The first-order valence-electron chi connectivity index (χ1n) is 8.33. The highest BCUT2D eigenvalue weighted by molar-refractivity contribution is 6.14. The van der Waals surface area contributed by atoms with Crippen LogP contribution in [-0.2, 0) is 4.79 Å². The molecule has 2 amide bonds. The fourth-order valence-corrected chi connectivity index (χ4v) is 3.57. The summed E-state index contributed by atoms with van der Waals surface area (Å²) in [6.45, 7) is 0. The van der Waals surface area contributed by atoms with E-state index in [0.29, 0.717) is 5.71 Å². The third-order valence-corrected chi connectivity index (χ3v) is 4.82. The van der Waals surface area contributed by atoms with Gasteiger partial charge < -0.3 is 5.32 Å². The van der Waals surface area contributed by atoms with Gasteiger partial charge in [0.15, 0.2) is 0 Å². The summed E-state index contributed by atoms with van der Waals surface area (Å²) in [5, 5.41) is 13.6. The minimum atomic E-state index is -0.522. The van der Waals surface area contributed by atoms with Crippen molar-refractivity contribution in [2.24, 2.45) is 10.9 Å². The van der Waals surface area contributed by atoms with Gasteiger partial charge in [0.25, 0.3) is 17.5 Å². The number of aliphatic imine (C=N–C) groups is 1. The average Bonchev–Trinajstić information content (AvgIpc) is 3.12. The van der Waals surface area contributed by atoms with Crippen LogP contribution in [0.3, 0.4) is 0 Å². The molecule has 1 aromatic carbocycles. The number of carbonyl (C=O) groups excluding carboxylic acids is 2. The molecule has 1 N–H and O–H groups in total. The molecule has 0 bridgehead atoms. The zero-order chi connectivity index (χ0) is 18.3. The van der Waals surface area contributed by atoms with Crippen LogP contribution < -0.4 is 5.32 Å². The topological polar surface area (TPSA) is 102 Å². The summed E-state index contributed by atoms with van der Waals surface area (Å²) in [6, 6.07) is 5.30. The molecule has 1 aromatic rings. The van der Waals surface area contributed by atoms with Crippen molar-refractivity contribution in [1.29, 1.82) is 0 Å². The van der Waals surface area contributed by atoms with Crippen LogP contribution in [0.15, 0.2) is 64.3 Å². The second-order valence-corrected chi connectivity index (χ2v) is 6.39. The van der Waals surface area contributed by atoms with Crippen LogP contribution in [0, 0.1) is 16.0 Å². The molecule has 7 heteroatoms. The van der Waals surface area contributed by atoms with Crippen molar-refractivity contribution in [3.8, 4) is 0 Å². The van der Waals surface area contributed by atoms with Gasteiger partial charge in [-0.15, -0.1) is 0 Å². The fraction of sp³-hybridized carbons (Fsp3) is 0.211. The van der Waals surface area contributed by atoms with Gasteiger partial charge in [-0.25, -0.2) is 4.99 Å². The Bertz CT molecular complexity index is 952. The molecule has 0 fully saturated rings.